The van der Waals surface area contributed by atoms with Gasteiger partial charge in [0.05, 0.1) is 6.42 Å². The van der Waals surface area contributed by atoms with Crippen LogP contribution in [-0.2, 0) is 11.2 Å². The topological polar surface area (TPSA) is 32.3 Å². The van der Waals surface area contributed by atoms with Crippen molar-refractivity contribution in [2.24, 2.45) is 5.92 Å². The Morgan fingerprint density at radius 1 is 1.58 bits per heavy atom. The first-order valence-electron chi connectivity index (χ1n) is 6.47. The van der Waals surface area contributed by atoms with Crippen molar-refractivity contribution < 1.29 is 9.18 Å². The molecule has 1 N–H and O–H groups in total. The number of hydrogen-bond donors (Lipinski definition) is 1. The van der Waals surface area contributed by atoms with Crippen LogP contribution in [0, 0.1) is 11.7 Å². The third-order valence-electron chi connectivity index (χ3n) is 3.52. The highest BCUT2D eigenvalue weighted by molar-refractivity contribution is 6.31. The molecular weight excluding hydrogens is 267 g/mol. The molecule has 0 radical (unpaired) electrons. The van der Waals surface area contributed by atoms with Gasteiger partial charge in [0.2, 0.25) is 5.91 Å². The molecule has 1 aromatic carbocycles. The van der Waals surface area contributed by atoms with Crippen LogP contribution >= 0.6 is 11.6 Å². The van der Waals surface area contributed by atoms with E-state index in [1.165, 1.54) is 6.07 Å². The zero-order chi connectivity index (χ0) is 13.8. The molecule has 1 fully saturated rings. The molecule has 1 atom stereocenters. The molecule has 19 heavy (non-hydrogen) atoms. The average molecular weight is 285 g/mol. The van der Waals surface area contributed by atoms with Gasteiger partial charge in [-0.15, -0.1) is 0 Å². The van der Waals surface area contributed by atoms with E-state index in [9.17, 15) is 9.18 Å². The minimum Gasteiger partial charge on any atom is -0.342 e. The van der Waals surface area contributed by atoms with Crippen LogP contribution in [0.25, 0.3) is 0 Å². The zero-order valence-electron chi connectivity index (χ0n) is 11.0. The number of benzene rings is 1. The van der Waals surface area contributed by atoms with Crippen LogP contribution in [0.1, 0.15) is 12.0 Å². The van der Waals surface area contributed by atoms with Crippen LogP contribution in [-0.4, -0.2) is 37.5 Å². The Hall–Kier alpha value is -1.13. The number of halogens is 2. The van der Waals surface area contributed by atoms with Crippen LogP contribution in [0.3, 0.4) is 0 Å². The third-order valence-corrected chi connectivity index (χ3v) is 3.88. The normalized spacial score (nSPS) is 18.9. The average Bonchev–Trinajstić information content (AvgIpc) is 2.83. The lowest BCUT2D eigenvalue weighted by molar-refractivity contribution is -0.129. The van der Waals surface area contributed by atoms with Gasteiger partial charge in [0.1, 0.15) is 5.82 Å². The summed E-state index contributed by atoms with van der Waals surface area (Å²) in [6.45, 7) is 2.40. The molecule has 1 aromatic rings. The maximum atomic E-state index is 13.6. The maximum Gasteiger partial charge on any atom is 0.227 e. The summed E-state index contributed by atoms with van der Waals surface area (Å²) in [5.41, 5.74) is 0.297. The SMILES string of the molecule is CNCC1CCN(C(=O)Cc2c(F)cccc2Cl)C1. The summed E-state index contributed by atoms with van der Waals surface area (Å²) in [7, 11) is 1.91. The van der Waals surface area contributed by atoms with Gasteiger partial charge >= 0.3 is 0 Å². The Balaban J connectivity index is 1.98. The Morgan fingerprint density at radius 3 is 3.05 bits per heavy atom. The zero-order valence-corrected chi connectivity index (χ0v) is 11.7. The molecule has 0 saturated carbocycles. The molecule has 0 aromatic heterocycles. The molecule has 1 amide bonds. The van der Waals surface area contributed by atoms with Crippen molar-refractivity contribution in [1.29, 1.82) is 0 Å². The molecule has 1 aliphatic heterocycles. The largest absolute Gasteiger partial charge is 0.342 e. The van der Waals surface area contributed by atoms with Gasteiger partial charge in [-0.25, -0.2) is 4.39 Å². The van der Waals surface area contributed by atoms with E-state index >= 15 is 0 Å². The van der Waals surface area contributed by atoms with E-state index in [0.29, 0.717) is 16.5 Å². The summed E-state index contributed by atoms with van der Waals surface area (Å²) < 4.78 is 13.6. The Morgan fingerprint density at radius 2 is 2.37 bits per heavy atom. The summed E-state index contributed by atoms with van der Waals surface area (Å²) in [4.78, 5) is 13.9. The van der Waals surface area contributed by atoms with Crippen LogP contribution in [0.2, 0.25) is 5.02 Å². The summed E-state index contributed by atoms with van der Waals surface area (Å²) in [5, 5.41) is 3.44. The van der Waals surface area contributed by atoms with Crippen LogP contribution in [0.4, 0.5) is 4.39 Å². The molecule has 0 aliphatic carbocycles. The first kappa shape index (κ1) is 14.3. The van der Waals surface area contributed by atoms with Crippen molar-refractivity contribution in [3.63, 3.8) is 0 Å². The van der Waals surface area contributed by atoms with Crippen molar-refractivity contribution in [3.8, 4) is 0 Å². The van der Waals surface area contributed by atoms with Crippen molar-refractivity contribution in [1.82, 2.24) is 10.2 Å². The predicted molar refractivity (Wildman–Crippen MR) is 73.7 cm³/mol. The van der Waals surface area contributed by atoms with Gasteiger partial charge in [-0.3, -0.25) is 4.79 Å². The van der Waals surface area contributed by atoms with E-state index in [1.807, 2.05) is 7.05 Å². The highest BCUT2D eigenvalue weighted by atomic mass is 35.5. The molecule has 0 spiro atoms. The Labute approximate surface area is 117 Å². The van der Waals surface area contributed by atoms with Gasteiger partial charge in [0.25, 0.3) is 0 Å². The molecule has 5 heteroatoms. The quantitative estimate of drug-likeness (QED) is 0.918. The molecule has 1 heterocycles. The van der Waals surface area contributed by atoms with Crippen molar-refractivity contribution in [3.05, 3.63) is 34.6 Å². The van der Waals surface area contributed by atoms with E-state index in [2.05, 4.69) is 5.32 Å². The number of hydrogen-bond acceptors (Lipinski definition) is 2. The van der Waals surface area contributed by atoms with E-state index < -0.39 is 5.82 Å². The Bertz CT molecular complexity index is 447. The molecule has 1 saturated heterocycles. The lowest BCUT2D eigenvalue weighted by atomic mass is 10.1. The second kappa shape index (κ2) is 6.35. The van der Waals surface area contributed by atoms with Crippen molar-refractivity contribution in [2.75, 3.05) is 26.7 Å². The Kier molecular flexibility index (Phi) is 4.77. The predicted octanol–water partition coefficient (Wildman–Crippen LogP) is 2.09. The second-order valence-electron chi connectivity index (χ2n) is 4.93. The summed E-state index contributed by atoms with van der Waals surface area (Å²) in [6.07, 6.45) is 1.04. The fourth-order valence-electron chi connectivity index (χ4n) is 2.48. The number of carbonyl (C=O) groups is 1. The van der Waals surface area contributed by atoms with E-state index in [1.54, 1.807) is 17.0 Å². The number of amides is 1. The van der Waals surface area contributed by atoms with Gasteiger partial charge in [0.15, 0.2) is 0 Å². The standard InChI is InChI=1S/C14H18ClFN2O/c1-17-8-10-5-6-18(9-10)14(19)7-11-12(15)3-2-4-13(11)16/h2-4,10,17H,5-9H2,1H3. The lowest BCUT2D eigenvalue weighted by Gasteiger charge is -2.17. The molecule has 1 unspecified atom stereocenters. The molecule has 1 aliphatic rings. The third kappa shape index (κ3) is 3.45. The molecule has 104 valence electrons. The molecule has 2 rings (SSSR count). The summed E-state index contributed by atoms with van der Waals surface area (Å²) in [5.74, 6) is 0.0301. The van der Waals surface area contributed by atoms with Gasteiger partial charge in [-0.05, 0) is 38.1 Å². The second-order valence-corrected chi connectivity index (χ2v) is 5.34. The fourth-order valence-corrected chi connectivity index (χ4v) is 2.71. The summed E-state index contributed by atoms with van der Waals surface area (Å²) in [6, 6.07) is 4.49. The highest BCUT2D eigenvalue weighted by Gasteiger charge is 2.26. The lowest BCUT2D eigenvalue weighted by Crippen LogP contribution is -2.31. The summed E-state index contributed by atoms with van der Waals surface area (Å²) >= 11 is 5.94. The van der Waals surface area contributed by atoms with Gasteiger partial charge in [-0.2, -0.15) is 0 Å². The smallest absolute Gasteiger partial charge is 0.227 e. The first-order valence-corrected chi connectivity index (χ1v) is 6.85. The number of nitrogens with one attached hydrogen (secondary N) is 1. The highest BCUT2D eigenvalue weighted by Crippen LogP contribution is 2.22. The number of rotatable bonds is 4. The van der Waals surface area contributed by atoms with E-state index in [-0.39, 0.29) is 12.3 Å². The van der Waals surface area contributed by atoms with Crippen molar-refractivity contribution in [2.45, 2.75) is 12.8 Å². The minimum absolute atomic E-state index is 0.0395. The van der Waals surface area contributed by atoms with Gasteiger partial charge in [0, 0.05) is 23.7 Å². The van der Waals surface area contributed by atoms with Crippen LogP contribution < -0.4 is 5.32 Å². The maximum absolute atomic E-state index is 13.6. The van der Waals surface area contributed by atoms with Crippen LogP contribution in [0.5, 0.6) is 0 Å². The number of nitrogens with zero attached hydrogens (tertiary/aromatic N) is 1. The van der Waals surface area contributed by atoms with Crippen LogP contribution in [0.15, 0.2) is 18.2 Å². The number of likely N-dealkylation sites (tertiary alicyclic amines) is 1. The van der Waals surface area contributed by atoms with Crippen molar-refractivity contribution >= 4 is 17.5 Å². The van der Waals surface area contributed by atoms with E-state index in [0.717, 1.165) is 26.1 Å². The first-order chi connectivity index (χ1) is 9.11. The molecule has 3 nitrogen and oxygen atoms in total. The fraction of sp³-hybridized carbons (Fsp3) is 0.500. The molecule has 0 bridgehead atoms. The van der Waals surface area contributed by atoms with E-state index in [4.69, 9.17) is 11.6 Å². The number of carbonyl (C=O) groups excluding carboxylic acids is 1. The monoisotopic (exact) mass is 284 g/mol. The molecular formula is C14H18ClFN2O. The van der Waals surface area contributed by atoms with Gasteiger partial charge in [-0.1, -0.05) is 17.7 Å². The minimum atomic E-state index is -0.410. The van der Waals surface area contributed by atoms with Gasteiger partial charge < -0.3 is 10.2 Å².